The van der Waals surface area contributed by atoms with Crippen molar-refractivity contribution in [2.24, 2.45) is 0 Å². The fourth-order valence-corrected chi connectivity index (χ4v) is 2.69. The fraction of sp³-hybridized carbons (Fsp3) is 0.273. The van der Waals surface area contributed by atoms with E-state index in [2.05, 4.69) is 0 Å². The monoisotopic (exact) mass is 415 g/mol. The van der Waals surface area contributed by atoms with E-state index in [9.17, 15) is 10.1 Å². The molecule has 31 heavy (non-hydrogen) atoms. The van der Waals surface area contributed by atoms with Gasteiger partial charge in [-0.2, -0.15) is 21.0 Å². The molecule has 0 aliphatic carbocycles. The summed E-state index contributed by atoms with van der Waals surface area (Å²) in [7, 11) is 0. The molecule has 0 aromatic heterocycles. The van der Waals surface area contributed by atoms with Gasteiger partial charge in [-0.25, -0.2) is 0 Å². The molecular formula is C22H17N5O4. The number of nitriles is 4. The zero-order valence-electron chi connectivity index (χ0n) is 16.7. The zero-order valence-corrected chi connectivity index (χ0v) is 16.7. The van der Waals surface area contributed by atoms with E-state index in [1.165, 1.54) is 43.3 Å². The number of hydrogen-bond donors (Lipinski definition) is 0. The summed E-state index contributed by atoms with van der Waals surface area (Å²) in [5.74, 6) is 0.693. The van der Waals surface area contributed by atoms with Crippen LogP contribution in [0.2, 0.25) is 0 Å². The van der Waals surface area contributed by atoms with Gasteiger partial charge in [0, 0.05) is 11.8 Å². The summed E-state index contributed by atoms with van der Waals surface area (Å²) in [6.07, 6.45) is 0.171. The summed E-state index contributed by atoms with van der Waals surface area (Å²) in [6.45, 7) is 1.55. The molecule has 154 valence electrons. The van der Waals surface area contributed by atoms with Gasteiger partial charge in [-0.1, -0.05) is 0 Å². The predicted molar refractivity (Wildman–Crippen MR) is 107 cm³/mol. The lowest BCUT2D eigenvalue weighted by Crippen LogP contribution is -2.38. The van der Waals surface area contributed by atoms with Crippen molar-refractivity contribution in [3.63, 3.8) is 0 Å². The van der Waals surface area contributed by atoms with Crippen molar-refractivity contribution in [2.75, 3.05) is 13.2 Å². The Balaban J connectivity index is 1.96. The third kappa shape index (κ3) is 5.70. The van der Waals surface area contributed by atoms with Gasteiger partial charge in [0.25, 0.3) is 0 Å². The Kier molecular flexibility index (Phi) is 7.51. The van der Waals surface area contributed by atoms with E-state index in [4.69, 9.17) is 30.5 Å². The molecule has 2 rings (SSSR count). The molecule has 0 unspecified atom stereocenters. The average Bonchev–Trinajstić information content (AvgIpc) is 2.78. The van der Waals surface area contributed by atoms with Crippen LogP contribution in [-0.2, 0) is 0 Å². The van der Waals surface area contributed by atoms with Crippen molar-refractivity contribution < 1.29 is 14.4 Å². The maximum Gasteiger partial charge on any atom is 0.226 e. The summed E-state index contributed by atoms with van der Waals surface area (Å²) in [5.41, 5.74) is -0.530. The standard InChI is InChI=1S/C22H17N5O4/c1-22(27(28)29,6-8-30-20-4-2-16(12-23)18(10-20)14-25)7-9-31-21-5-3-17(13-24)19(11-21)15-26/h2-5,10-11H,6-9H2,1H3. The second-order valence-corrected chi connectivity index (χ2v) is 6.81. The van der Waals surface area contributed by atoms with E-state index in [1.54, 1.807) is 0 Å². The van der Waals surface area contributed by atoms with Gasteiger partial charge in [-0.3, -0.25) is 10.1 Å². The first-order valence-electron chi connectivity index (χ1n) is 9.15. The van der Waals surface area contributed by atoms with Gasteiger partial charge in [0.1, 0.15) is 35.8 Å². The number of nitro groups is 1. The van der Waals surface area contributed by atoms with Crippen LogP contribution in [0.3, 0.4) is 0 Å². The van der Waals surface area contributed by atoms with E-state index < -0.39 is 10.5 Å². The molecule has 0 N–H and O–H groups in total. The van der Waals surface area contributed by atoms with Crippen LogP contribution in [0.25, 0.3) is 0 Å². The Bertz CT molecular complexity index is 1070. The summed E-state index contributed by atoms with van der Waals surface area (Å²) in [4.78, 5) is 11.2. The van der Waals surface area contributed by atoms with Crippen molar-refractivity contribution in [1.29, 1.82) is 21.0 Å². The Labute approximate surface area is 179 Å². The minimum Gasteiger partial charge on any atom is -0.493 e. The first-order valence-corrected chi connectivity index (χ1v) is 9.15. The first-order chi connectivity index (χ1) is 14.9. The van der Waals surface area contributed by atoms with Crippen LogP contribution in [0.15, 0.2) is 36.4 Å². The van der Waals surface area contributed by atoms with Gasteiger partial charge in [0.05, 0.1) is 48.3 Å². The number of ether oxygens (including phenoxy) is 2. The quantitative estimate of drug-likeness (QED) is 0.445. The van der Waals surface area contributed by atoms with Gasteiger partial charge in [-0.05, 0) is 36.4 Å². The summed E-state index contributed by atoms with van der Waals surface area (Å²) < 4.78 is 11.1. The number of rotatable bonds is 9. The number of benzene rings is 2. The van der Waals surface area contributed by atoms with Crippen LogP contribution in [0.5, 0.6) is 11.5 Å². The van der Waals surface area contributed by atoms with Crippen molar-refractivity contribution in [3.05, 3.63) is 68.8 Å². The van der Waals surface area contributed by atoms with Crippen molar-refractivity contribution >= 4 is 0 Å². The van der Waals surface area contributed by atoms with Crippen LogP contribution >= 0.6 is 0 Å². The molecule has 9 heteroatoms. The van der Waals surface area contributed by atoms with E-state index in [1.807, 2.05) is 24.3 Å². The highest BCUT2D eigenvalue weighted by molar-refractivity contribution is 5.50. The van der Waals surface area contributed by atoms with Crippen molar-refractivity contribution in [1.82, 2.24) is 0 Å². The molecule has 0 saturated carbocycles. The lowest BCUT2D eigenvalue weighted by molar-refractivity contribution is -0.568. The van der Waals surface area contributed by atoms with Crippen LogP contribution < -0.4 is 9.47 Å². The molecule has 0 aliphatic heterocycles. The second-order valence-electron chi connectivity index (χ2n) is 6.81. The lowest BCUT2D eigenvalue weighted by atomic mass is 9.95. The Morgan fingerprint density at radius 1 is 0.806 bits per heavy atom. The summed E-state index contributed by atoms with van der Waals surface area (Å²) in [5, 5.41) is 47.6. The third-order valence-corrected chi connectivity index (χ3v) is 4.72. The Hall–Kier alpha value is -4.60. The highest BCUT2D eigenvalue weighted by atomic mass is 16.6. The van der Waals surface area contributed by atoms with Crippen LogP contribution in [0.4, 0.5) is 0 Å². The molecule has 0 fully saturated rings. The molecule has 2 aromatic rings. The predicted octanol–water partition coefficient (Wildman–Crippen LogP) is 3.45. The molecule has 0 saturated heterocycles. The van der Waals surface area contributed by atoms with E-state index >= 15 is 0 Å². The zero-order chi connectivity index (χ0) is 22.9. The summed E-state index contributed by atoms with van der Waals surface area (Å²) >= 11 is 0. The summed E-state index contributed by atoms with van der Waals surface area (Å²) in [6, 6.07) is 16.4. The molecule has 0 spiro atoms. The fourth-order valence-electron chi connectivity index (χ4n) is 2.69. The van der Waals surface area contributed by atoms with Crippen LogP contribution in [-0.4, -0.2) is 23.7 Å². The molecular weight excluding hydrogens is 398 g/mol. The molecule has 0 aliphatic rings. The topological polar surface area (TPSA) is 157 Å². The molecule has 0 radical (unpaired) electrons. The van der Waals surface area contributed by atoms with E-state index in [0.717, 1.165) is 0 Å². The highest BCUT2D eigenvalue weighted by Gasteiger charge is 2.37. The first kappa shape index (κ1) is 22.7. The van der Waals surface area contributed by atoms with Crippen LogP contribution in [0, 0.1) is 55.4 Å². The maximum atomic E-state index is 11.6. The average molecular weight is 415 g/mol. The Morgan fingerprint density at radius 3 is 1.52 bits per heavy atom. The molecule has 0 amide bonds. The Morgan fingerprint density at radius 2 is 1.19 bits per heavy atom. The number of nitrogens with zero attached hydrogens (tertiary/aromatic N) is 5. The SMILES string of the molecule is CC(CCOc1ccc(C#N)c(C#N)c1)(CCOc1ccc(C#N)c(C#N)c1)[N+](=O)[O-]. The molecule has 0 atom stereocenters. The molecule has 0 heterocycles. The molecule has 9 nitrogen and oxygen atoms in total. The third-order valence-electron chi connectivity index (χ3n) is 4.72. The highest BCUT2D eigenvalue weighted by Crippen LogP contribution is 2.23. The van der Waals surface area contributed by atoms with Crippen LogP contribution in [0.1, 0.15) is 42.0 Å². The second kappa shape index (κ2) is 10.3. The van der Waals surface area contributed by atoms with Crippen molar-refractivity contribution in [2.45, 2.75) is 25.3 Å². The van der Waals surface area contributed by atoms with E-state index in [0.29, 0.717) is 11.5 Å². The normalized spacial score (nSPS) is 10.1. The lowest BCUT2D eigenvalue weighted by Gasteiger charge is -2.21. The molecule has 0 bridgehead atoms. The maximum absolute atomic E-state index is 11.6. The van der Waals surface area contributed by atoms with E-state index in [-0.39, 0.29) is 48.3 Å². The molecule has 2 aromatic carbocycles. The number of hydrogen-bond acceptors (Lipinski definition) is 8. The minimum absolute atomic E-state index is 0.0314. The van der Waals surface area contributed by atoms with Gasteiger partial charge >= 0.3 is 0 Å². The van der Waals surface area contributed by atoms with Crippen molar-refractivity contribution in [3.8, 4) is 35.8 Å². The largest absolute Gasteiger partial charge is 0.493 e. The smallest absolute Gasteiger partial charge is 0.226 e. The minimum atomic E-state index is -1.32. The van der Waals surface area contributed by atoms with Gasteiger partial charge in [-0.15, -0.1) is 0 Å². The van der Waals surface area contributed by atoms with Gasteiger partial charge in [0.15, 0.2) is 0 Å². The van der Waals surface area contributed by atoms with Gasteiger partial charge < -0.3 is 9.47 Å². The van der Waals surface area contributed by atoms with Gasteiger partial charge in [0.2, 0.25) is 5.54 Å².